The second-order valence-electron chi connectivity index (χ2n) is 4.00. The fourth-order valence-corrected chi connectivity index (χ4v) is 1.77. The lowest BCUT2D eigenvalue weighted by Crippen LogP contribution is -2.06. The van der Waals surface area contributed by atoms with Gasteiger partial charge >= 0.3 is 0 Å². The molecular weight excluding hydrogens is 206 g/mol. The molecule has 0 saturated carbocycles. The van der Waals surface area contributed by atoms with Crippen LogP contribution < -0.4 is 5.32 Å². The Morgan fingerprint density at radius 2 is 1.82 bits per heavy atom. The minimum absolute atomic E-state index is 0.241. The lowest BCUT2D eigenvalue weighted by molar-refractivity contribution is 0.884. The topological polar surface area (TPSA) is 12.0 Å². The summed E-state index contributed by atoms with van der Waals surface area (Å²) in [7, 11) is 0. The van der Waals surface area contributed by atoms with Gasteiger partial charge in [-0.2, -0.15) is 0 Å². The Morgan fingerprint density at radius 3 is 2.53 bits per heavy atom. The summed E-state index contributed by atoms with van der Waals surface area (Å²) in [6, 6.07) is 18.5. The molecule has 1 unspecified atom stereocenters. The van der Waals surface area contributed by atoms with E-state index in [2.05, 4.69) is 36.4 Å². The number of para-hydroxylation sites is 1. The molecule has 0 bridgehead atoms. The van der Waals surface area contributed by atoms with Gasteiger partial charge in [-0.1, -0.05) is 36.3 Å². The molecule has 1 heteroatoms. The van der Waals surface area contributed by atoms with Crippen molar-refractivity contribution in [2.75, 3.05) is 5.32 Å². The van der Waals surface area contributed by atoms with Gasteiger partial charge in [-0.3, -0.25) is 0 Å². The molecule has 2 aromatic carbocycles. The Kier molecular flexibility index (Phi) is 3.47. The molecule has 1 N–H and O–H groups in total. The third-order valence-electron chi connectivity index (χ3n) is 2.71. The van der Waals surface area contributed by atoms with Crippen LogP contribution in [-0.4, -0.2) is 0 Å². The molecule has 84 valence electrons. The van der Waals surface area contributed by atoms with Crippen molar-refractivity contribution in [3.05, 3.63) is 65.7 Å². The number of rotatable bonds is 3. The number of anilines is 1. The van der Waals surface area contributed by atoms with Crippen molar-refractivity contribution in [3.63, 3.8) is 0 Å². The van der Waals surface area contributed by atoms with Crippen LogP contribution in [0, 0.1) is 12.3 Å². The molecule has 17 heavy (non-hydrogen) atoms. The molecule has 0 aliphatic heterocycles. The predicted molar refractivity (Wildman–Crippen MR) is 72.9 cm³/mol. The maximum atomic E-state index is 5.40. The Hall–Kier alpha value is -2.20. The second kappa shape index (κ2) is 5.23. The van der Waals surface area contributed by atoms with Gasteiger partial charge in [0.15, 0.2) is 0 Å². The van der Waals surface area contributed by atoms with Crippen LogP contribution in [0.15, 0.2) is 54.6 Å². The van der Waals surface area contributed by atoms with Crippen molar-refractivity contribution in [1.82, 2.24) is 0 Å². The summed E-state index contributed by atoms with van der Waals surface area (Å²) in [5.41, 5.74) is 3.24. The quantitative estimate of drug-likeness (QED) is 0.776. The maximum Gasteiger partial charge on any atom is 0.0486 e. The van der Waals surface area contributed by atoms with Crippen molar-refractivity contribution < 1.29 is 0 Å². The summed E-state index contributed by atoms with van der Waals surface area (Å²) >= 11 is 0. The number of terminal acetylenes is 1. The summed E-state index contributed by atoms with van der Waals surface area (Å²) in [6.45, 7) is 2.13. The number of benzene rings is 2. The summed E-state index contributed by atoms with van der Waals surface area (Å²) in [4.78, 5) is 0. The molecule has 1 atom stereocenters. The molecular formula is C16H15N. The van der Waals surface area contributed by atoms with Crippen molar-refractivity contribution in [2.45, 2.75) is 13.0 Å². The lowest BCUT2D eigenvalue weighted by atomic mass is 10.1. The van der Waals surface area contributed by atoms with Gasteiger partial charge in [0.1, 0.15) is 0 Å². The molecule has 2 aromatic rings. The summed E-state index contributed by atoms with van der Waals surface area (Å²) < 4.78 is 0. The van der Waals surface area contributed by atoms with E-state index in [0.717, 1.165) is 11.3 Å². The fraction of sp³-hybridized carbons (Fsp3) is 0.125. The molecule has 0 amide bonds. The van der Waals surface area contributed by atoms with Crippen LogP contribution in [0.4, 0.5) is 5.69 Å². The minimum atomic E-state index is 0.241. The van der Waals surface area contributed by atoms with Gasteiger partial charge in [0.2, 0.25) is 0 Å². The highest BCUT2D eigenvalue weighted by molar-refractivity contribution is 5.46. The van der Waals surface area contributed by atoms with Gasteiger partial charge < -0.3 is 5.32 Å². The zero-order chi connectivity index (χ0) is 12.1. The van der Waals surface area contributed by atoms with Crippen LogP contribution in [0.25, 0.3) is 0 Å². The largest absolute Gasteiger partial charge is 0.379 e. The van der Waals surface area contributed by atoms with Gasteiger partial charge in [0.25, 0.3) is 0 Å². The third kappa shape index (κ3) is 2.89. The predicted octanol–water partition coefficient (Wildman–Crippen LogP) is 3.84. The van der Waals surface area contributed by atoms with E-state index in [4.69, 9.17) is 6.42 Å². The molecule has 0 saturated heterocycles. The molecule has 0 fully saturated rings. The summed E-state index contributed by atoms with van der Waals surface area (Å²) in [5.74, 6) is 2.66. The zero-order valence-corrected chi connectivity index (χ0v) is 9.85. The van der Waals surface area contributed by atoms with Gasteiger partial charge in [0, 0.05) is 17.3 Å². The number of hydrogen-bond acceptors (Lipinski definition) is 1. The Morgan fingerprint density at radius 1 is 1.06 bits per heavy atom. The fourth-order valence-electron chi connectivity index (χ4n) is 1.77. The van der Waals surface area contributed by atoms with Crippen LogP contribution >= 0.6 is 0 Å². The second-order valence-corrected chi connectivity index (χ2v) is 4.00. The third-order valence-corrected chi connectivity index (χ3v) is 2.71. The SMILES string of the molecule is C#Cc1cccc(C(C)Nc2ccccc2)c1. The van der Waals surface area contributed by atoms with Gasteiger partial charge in [-0.05, 0) is 36.8 Å². The smallest absolute Gasteiger partial charge is 0.0486 e. The average Bonchev–Trinajstić information content (AvgIpc) is 2.40. The van der Waals surface area contributed by atoms with Gasteiger partial charge in [0.05, 0.1) is 0 Å². The molecule has 0 aliphatic rings. The highest BCUT2D eigenvalue weighted by atomic mass is 14.9. The van der Waals surface area contributed by atoms with Crippen molar-refractivity contribution in [2.24, 2.45) is 0 Å². The summed E-state index contributed by atoms with van der Waals surface area (Å²) in [6.07, 6.45) is 5.40. The minimum Gasteiger partial charge on any atom is -0.379 e. The first-order chi connectivity index (χ1) is 8.29. The van der Waals surface area contributed by atoms with Crippen LogP contribution in [0.1, 0.15) is 24.1 Å². The van der Waals surface area contributed by atoms with E-state index in [9.17, 15) is 0 Å². The van der Waals surface area contributed by atoms with Gasteiger partial charge in [-0.25, -0.2) is 0 Å². The molecule has 0 spiro atoms. The highest BCUT2D eigenvalue weighted by Crippen LogP contribution is 2.19. The maximum absolute atomic E-state index is 5.40. The van der Waals surface area contributed by atoms with E-state index in [0.29, 0.717) is 0 Å². The van der Waals surface area contributed by atoms with E-state index in [1.165, 1.54) is 5.56 Å². The number of hydrogen-bond donors (Lipinski definition) is 1. The van der Waals surface area contributed by atoms with Crippen molar-refractivity contribution in [1.29, 1.82) is 0 Å². The lowest BCUT2D eigenvalue weighted by Gasteiger charge is -2.15. The Labute approximate surface area is 102 Å². The summed E-state index contributed by atoms with van der Waals surface area (Å²) in [5, 5.41) is 3.44. The Bertz CT molecular complexity index is 523. The average molecular weight is 221 g/mol. The van der Waals surface area contributed by atoms with Crippen LogP contribution in [-0.2, 0) is 0 Å². The monoisotopic (exact) mass is 221 g/mol. The van der Waals surface area contributed by atoms with Crippen molar-refractivity contribution in [3.8, 4) is 12.3 Å². The molecule has 0 heterocycles. The standard InChI is InChI=1S/C16H15N/c1-3-14-8-7-9-15(12-14)13(2)17-16-10-5-4-6-11-16/h1,4-13,17H,2H3. The van der Waals surface area contributed by atoms with Gasteiger partial charge in [-0.15, -0.1) is 6.42 Å². The molecule has 1 nitrogen and oxygen atoms in total. The van der Waals surface area contributed by atoms with Crippen LogP contribution in [0.5, 0.6) is 0 Å². The first-order valence-electron chi connectivity index (χ1n) is 5.68. The molecule has 0 radical (unpaired) electrons. The van der Waals surface area contributed by atoms with Crippen LogP contribution in [0.2, 0.25) is 0 Å². The van der Waals surface area contributed by atoms with Crippen LogP contribution in [0.3, 0.4) is 0 Å². The van der Waals surface area contributed by atoms with E-state index < -0.39 is 0 Å². The normalized spacial score (nSPS) is 11.5. The number of nitrogens with one attached hydrogen (secondary N) is 1. The van der Waals surface area contributed by atoms with E-state index in [1.807, 2.05) is 36.4 Å². The van der Waals surface area contributed by atoms with E-state index >= 15 is 0 Å². The first kappa shape index (κ1) is 11.3. The van der Waals surface area contributed by atoms with Crippen molar-refractivity contribution >= 4 is 5.69 Å². The molecule has 0 aromatic heterocycles. The Balaban J connectivity index is 2.15. The molecule has 2 rings (SSSR count). The first-order valence-corrected chi connectivity index (χ1v) is 5.68. The van der Waals surface area contributed by atoms with E-state index in [-0.39, 0.29) is 6.04 Å². The zero-order valence-electron chi connectivity index (χ0n) is 9.85. The van der Waals surface area contributed by atoms with E-state index in [1.54, 1.807) is 0 Å². The highest BCUT2D eigenvalue weighted by Gasteiger charge is 2.04. The molecule has 0 aliphatic carbocycles.